The highest BCUT2D eigenvalue weighted by Crippen LogP contribution is 2.36. The molecule has 0 saturated heterocycles. The molecule has 0 aliphatic rings. The molecule has 0 aliphatic heterocycles. The number of methoxy groups -OCH3 is 1. The van der Waals surface area contributed by atoms with E-state index in [1.807, 2.05) is 12.1 Å². The van der Waals surface area contributed by atoms with Gasteiger partial charge in [-0.25, -0.2) is 0 Å². The van der Waals surface area contributed by atoms with Crippen molar-refractivity contribution in [3.8, 4) is 5.75 Å². The van der Waals surface area contributed by atoms with Gasteiger partial charge in [0.1, 0.15) is 5.75 Å². The maximum Gasteiger partial charge on any atom is 0.143 e. The lowest BCUT2D eigenvalue weighted by Crippen LogP contribution is -2.14. The minimum absolute atomic E-state index is 0.0289. The second kappa shape index (κ2) is 3.81. The Hall–Kier alpha value is -0.700. The number of hydrogen-bond acceptors (Lipinski definition) is 2. The Bertz CT molecular complexity index is 342. The number of halogens is 1. The molecule has 1 rings (SSSR count). The van der Waals surface area contributed by atoms with Crippen LogP contribution in [0.25, 0.3) is 0 Å². The monoisotopic (exact) mass is 257 g/mol. The van der Waals surface area contributed by atoms with Gasteiger partial charge in [0.2, 0.25) is 0 Å². The number of rotatable bonds is 1. The number of nitrogens with two attached hydrogens (primary N) is 1. The summed E-state index contributed by atoms with van der Waals surface area (Å²) in [6.45, 7) is 6.39. The van der Waals surface area contributed by atoms with E-state index in [1.54, 1.807) is 7.11 Å². The SMILES string of the molecule is COc1cc(Br)cc(C(C)(C)C)c1N. The fourth-order valence-corrected chi connectivity index (χ4v) is 1.82. The molecule has 0 spiro atoms. The third-order valence-corrected chi connectivity index (χ3v) is 2.59. The summed E-state index contributed by atoms with van der Waals surface area (Å²) in [6, 6.07) is 3.92. The van der Waals surface area contributed by atoms with Crippen molar-refractivity contribution in [3.05, 3.63) is 22.2 Å². The van der Waals surface area contributed by atoms with Gasteiger partial charge in [0.05, 0.1) is 12.8 Å². The average molecular weight is 258 g/mol. The number of benzene rings is 1. The molecule has 0 radical (unpaired) electrons. The molecule has 0 bridgehead atoms. The Morgan fingerprint density at radius 2 is 1.86 bits per heavy atom. The van der Waals surface area contributed by atoms with E-state index in [1.165, 1.54) is 0 Å². The van der Waals surface area contributed by atoms with Crippen molar-refractivity contribution < 1.29 is 4.74 Å². The van der Waals surface area contributed by atoms with Crippen molar-refractivity contribution in [1.82, 2.24) is 0 Å². The van der Waals surface area contributed by atoms with Crippen molar-refractivity contribution in [2.24, 2.45) is 0 Å². The first-order valence-electron chi connectivity index (χ1n) is 4.49. The zero-order valence-electron chi connectivity index (χ0n) is 9.02. The second-order valence-electron chi connectivity index (χ2n) is 4.32. The molecule has 0 heterocycles. The second-order valence-corrected chi connectivity index (χ2v) is 5.23. The molecule has 0 aliphatic carbocycles. The van der Waals surface area contributed by atoms with Gasteiger partial charge in [0, 0.05) is 4.47 Å². The van der Waals surface area contributed by atoms with Gasteiger partial charge in [-0.05, 0) is 23.1 Å². The predicted octanol–water partition coefficient (Wildman–Crippen LogP) is 3.34. The van der Waals surface area contributed by atoms with Gasteiger partial charge in [-0.15, -0.1) is 0 Å². The lowest BCUT2D eigenvalue weighted by atomic mass is 9.86. The molecule has 0 saturated carbocycles. The van der Waals surface area contributed by atoms with E-state index in [-0.39, 0.29) is 5.41 Å². The molecule has 1 aromatic carbocycles. The Labute approximate surface area is 93.6 Å². The third-order valence-electron chi connectivity index (χ3n) is 2.13. The molecule has 0 unspecified atom stereocenters. The zero-order valence-corrected chi connectivity index (χ0v) is 10.6. The average Bonchev–Trinajstić information content (AvgIpc) is 2.06. The fourth-order valence-electron chi connectivity index (χ4n) is 1.38. The molecule has 0 atom stereocenters. The Kier molecular flexibility index (Phi) is 3.10. The van der Waals surface area contributed by atoms with Crippen molar-refractivity contribution in [1.29, 1.82) is 0 Å². The van der Waals surface area contributed by atoms with Gasteiger partial charge < -0.3 is 10.5 Å². The summed E-state index contributed by atoms with van der Waals surface area (Å²) in [5.41, 5.74) is 7.86. The Morgan fingerprint density at radius 1 is 1.29 bits per heavy atom. The summed E-state index contributed by atoms with van der Waals surface area (Å²) in [5.74, 6) is 0.726. The normalized spacial score (nSPS) is 11.5. The molecule has 2 N–H and O–H groups in total. The summed E-state index contributed by atoms with van der Waals surface area (Å²) in [7, 11) is 1.63. The van der Waals surface area contributed by atoms with E-state index in [2.05, 4.69) is 36.7 Å². The van der Waals surface area contributed by atoms with Crippen molar-refractivity contribution in [3.63, 3.8) is 0 Å². The van der Waals surface area contributed by atoms with Crippen LogP contribution in [-0.2, 0) is 5.41 Å². The minimum Gasteiger partial charge on any atom is -0.495 e. The van der Waals surface area contributed by atoms with Gasteiger partial charge >= 0.3 is 0 Å². The fraction of sp³-hybridized carbons (Fsp3) is 0.455. The van der Waals surface area contributed by atoms with Gasteiger partial charge in [0.25, 0.3) is 0 Å². The van der Waals surface area contributed by atoms with Crippen LogP contribution in [0, 0.1) is 0 Å². The quantitative estimate of drug-likeness (QED) is 0.784. The molecule has 0 amide bonds. The van der Waals surface area contributed by atoms with Crippen LogP contribution in [0.3, 0.4) is 0 Å². The Morgan fingerprint density at radius 3 is 2.29 bits per heavy atom. The number of ether oxygens (including phenoxy) is 1. The van der Waals surface area contributed by atoms with Crippen molar-refractivity contribution >= 4 is 21.6 Å². The smallest absolute Gasteiger partial charge is 0.143 e. The lowest BCUT2D eigenvalue weighted by Gasteiger charge is -2.22. The molecule has 0 fully saturated rings. The highest BCUT2D eigenvalue weighted by atomic mass is 79.9. The first-order valence-corrected chi connectivity index (χ1v) is 5.29. The van der Waals surface area contributed by atoms with Crippen LogP contribution in [0.1, 0.15) is 26.3 Å². The van der Waals surface area contributed by atoms with Crippen molar-refractivity contribution in [2.45, 2.75) is 26.2 Å². The van der Waals surface area contributed by atoms with Gasteiger partial charge in [-0.1, -0.05) is 36.7 Å². The summed E-state index contributed by atoms with van der Waals surface area (Å²) in [5, 5.41) is 0. The Balaban J connectivity index is 3.37. The van der Waals surface area contributed by atoms with Crippen LogP contribution in [0.4, 0.5) is 5.69 Å². The number of anilines is 1. The standard InChI is InChI=1S/C11H16BrNO/c1-11(2,3)8-5-7(12)6-9(14-4)10(8)13/h5-6H,13H2,1-4H3. The number of nitrogen functional groups attached to an aromatic ring is 1. The summed E-state index contributed by atoms with van der Waals surface area (Å²) in [4.78, 5) is 0. The number of hydrogen-bond donors (Lipinski definition) is 1. The molecule has 2 nitrogen and oxygen atoms in total. The summed E-state index contributed by atoms with van der Waals surface area (Å²) in [6.07, 6.45) is 0. The van der Waals surface area contributed by atoms with Crippen LogP contribution >= 0.6 is 15.9 Å². The van der Waals surface area contributed by atoms with Crippen LogP contribution < -0.4 is 10.5 Å². The van der Waals surface area contributed by atoms with E-state index >= 15 is 0 Å². The van der Waals surface area contributed by atoms with Gasteiger partial charge in [-0.3, -0.25) is 0 Å². The zero-order chi connectivity index (χ0) is 10.9. The van der Waals surface area contributed by atoms with Gasteiger partial charge in [-0.2, -0.15) is 0 Å². The molecular weight excluding hydrogens is 242 g/mol. The maximum absolute atomic E-state index is 6.00. The minimum atomic E-state index is 0.0289. The molecule has 3 heteroatoms. The topological polar surface area (TPSA) is 35.2 Å². The van der Waals surface area contributed by atoms with Crippen LogP contribution in [-0.4, -0.2) is 7.11 Å². The highest BCUT2D eigenvalue weighted by Gasteiger charge is 2.19. The molecule has 14 heavy (non-hydrogen) atoms. The lowest BCUT2D eigenvalue weighted by molar-refractivity contribution is 0.415. The molecular formula is C11H16BrNO. The largest absolute Gasteiger partial charge is 0.495 e. The summed E-state index contributed by atoms with van der Waals surface area (Å²) >= 11 is 3.44. The van der Waals surface area contributed by atoms with E-state index < -0.39 is 0 Å². The van der Waals surface area contributed by atoms with E-state index in [9.17, 15) is 0 Å². The van der Waals surface area contributed by atoms with Crippen LogP contribution in [0.2, 0.25) is 0 Å². The van der Waals surface area contributed by atoms with Crippen molar-refractivity contribution in [2.75, 3.05) is 12.8 Å². The molecule has 1 aromatic rings. The van der Waals surface area contributed by atoms with E-state index in [0.29, 0.717) is 0 Å². The van der Waals surface area contributed by atoms with Crippen LogP contribution in [0.15, 0.2) is 16.6 Å². The first kappa shape index (κ1) is 11.4. The molecule has 78 valence electrons. The third kappa shape index (κ3) is 2.21. The highest BCUT2D eigenvalue weighted by molar-refractivity contribution is 9.10. The van der Waals surface area contributed by atoms with E-state index in [4.69, 9.17) is 10.5 Å². The van der Waals surface area contributed by atoms with Crippen LogP contribution in [0.5, 0.6) is 5.75 Å². The van der Waals surface area contributed by atoms with Gasteiger partial charge in [0.15, 0.2) is 0 Å². The van der Waals surface area contributed by atoms with E-state index in [0.717, 1.165) is 21.5 Å². The molecule has 0 aromatic heterocycles. The summed E-state index contributed by atoms with van der Waals surface area (Å²) < 4.78 is 6.20. The maximum atomic E-state index is 6.00. The first-order chi connectivity index (χ1) is 6.36. The predicted molar refractivity (Wildman–Crippen MR) is 63.8 cm³/mol.